The van der Waals surface area contributed by atoms with Gasteiger partial charge in [-0.25, -0.2) is 8.42 Å². The van der Waals surface area contributed by atoms with Crippen LogP contribution in [0.4, 0.5) is 0 Å². The molecule has 0 radical (unpaired) electrons. The zero-order valence-corrected chi connectivity index (χ0v) is 10.8. The zero-order chi connectivity index (χ0) is 12.5. The first-order chi connectivity index (χ1) is 8.02. The molecule has 0 spiro atoms. The molecule has 2 rings (SSSR count). The number of nitrogens with one attached hydrogen (secondary N) is 1. The van der Waals surface area contributed by atoms with E-state index >= 15 is 0 Å². The molecule has 0 aromatic rings. The molecule has 2 aliphatic rings. The number of hydrogen-bond donors (Lipinski definition) is 1. The van der Waals surface area contributed by atoms with Gasteiger partial charge in [-0.2, -0.15) is 0 Å². The number of hydrogen-bond acceptors (Lipinski definition) is 4. The number of carbonyl (C=O) groups excluding carboxylic acids is 1. The number of carbonyl (C=O) groups is 1. The highest BCUT2D eigenvalue weighted by atomic mass is 32.2. The summed E-state index contributed by atoms with van der Waals surface area (Å²) >= 11 is 0. The van der Waals surface area contributed by atoms with Crippen molar-refractivity contribution in [3.8, 4) is 0 Å². The van der Waals surface area contributed by atoms with Crippen molar-refractivity contribution >= 4 is 15.7 Å². The fourth-order valence-electron chi connectivity index (χ4n) is 2.67. The first kappa shape index (κ1) is 12.8. The molecule has 1 saturated heterocycles. The van der Waals surface area contributed by atoms with Crippen LogP contribution in [-0.4, -0.2) is 45.1 Å². The van der Waals surface area contributed by atoms with Gasteiger partial charge in [0.2, 0.25) is 5.91 Å². The number of amides is 1. The van der Waals surface area contributed by atoms with Crippen molar-refractivity contribution in [3.05, 3.63) is 0 Å². The molecule has 0 unspecified atom stereocenters. The lowest BCUT2D eigenvalue weighted by Gasteiger charge is -2.20. The van der Waals surface area contributed by atoms with Crippen LogP contribution in [0.25, 0.3) is 0 Å². The van der Waals surface area contributed by atoms with Gasteiger partial charge in [0.25, 0.3) is 0 Å². The summed E-state index contributed by atoms with van der Waals surface area (Å²) in [4.78, 5) is 11.9. The first-order valence-electron chi connectivity index (χ1n) is 6.05. The highest BCUT2D eigenvalue weighted by molar-refractivity contribution is 7.91. The van der Waals surface area contributed by atoms with Crippen LogP contribution in [0.2, 0.25) is 0 Å². The van der Waals surface area contributed by atoms with Gasteiger partial charge in [-0.3, -0.25) is 4.79 Å². The summed E-state index contributed by atoms with van der Waals surface area (Å²) in [6.07, 6.45) is 3.63. The Morgan fingerprint density at radius 2 is 1.88 bits per heavy atom. The summed E-state index contributed by atoms with van der Waals surface area (Å²) in [6, 6.07) is -0.377. The third-order valence-corrected chi connectivity index (χ3v) is 5.36. The normalized spacial score (nSPS) is 32.8. The van der Waals surface area contributed by atoms with E-state index < -0.39 is 15.9 Å². The molecular weight excluding hydrogens is 242 g/mol. The fraction of sp³-hybridized carbons (Fsp3) is 0.909. The van der Waals surface area contributed by atoms with Crippen LogP contribution >= 0.6 is 0 Å². The van der Waals surface area contributed by atoms with E-state index in [4.69, 9.17) is 4.74 Å². The Bertz CT molecular complexity index is 386. The van der Waals surface area contributed by atoms with Gasteiger partial charge < -0.3 is 10.1 Å². The van der Waals surface area contributed by atoms with E-state index in [0.717, 1.165) is 25.7 Å². The molecule has 0 aromatic carbocycles. The van der Waals surface area contributed by atoms with Crippen molar-refractivity contribution in [2.24, 2.45) is 5.92 Å². The Kier molecular flexibility index (Phi) is 3.73. The maximum Gasteiger partial charge on any atom is 0.223 e. The molecule has 2 fully saturated rings. The minimum absolute atomic E-state index is 0.00394. The maximum absolute atomic E-state index is 11.9. The topological polar surface area (TPSA) is 72.5 Å². The third-order valence-electron chi connectivity index (χ3n) is 3.66. The summed E-state index contributed by atoms with van der Waals surface area (Å²) in [7, 11) is -1.58. The second-order valence-corrected chi connectivity index (χ2v) is 7.10. The van der Waals surface area contributed by atoms with Gasteiger partial charge in [-0.15, -0.1) is 0 Å². The van der Waals surface area contributed by atoms with Crippen LogP contribution in [0.1, 0.15) is 25.7 Å². The molecule has 2 atom stereocenters. The third kappa shape index (κ3) is 2.98. The minimum Gasteiger partial charge on any atom is -0.378 e. The minimum atomic E-state index is -3.07. The molecule has 0 aromatic heterocycles. The second-order valence-electron chi connectivity index (χ2n) is 4.95. The van der Waals surface area contributed by atoms with Crippen LogP contribution < -0.4 is 5.32 Å². The number of ether oxygens (including phenoxy) is 1. The van der Waals surface area contributed by atoms with Gasteiger partial charge in [0, 0.05) is 13.0 Å². The van der Waals surface area contributed by atoms with Crippen LogP contribution in [0, 0.1) is 5.92 Å². The van der Waals surface area contributed by atoms with Crippen LogP contribution in [0.3, 0.4) is 0 Å². The summed E-state index contributed by atoms with van der Waals surface area (Å²) < 4.78 is 28.1. The monoisotopic (exact) mass is 261 g/mol. The van der Waals surface area contributed by atoms with Crippen LogP contribution in [0.15, 0.2) is 0 Å². The average molecular weight is 261 g/mol. The van der Waals surface area contributed by atoms with Gasteiger partial charge in [-0.1, -0.05) is 12.8 Å². The van der Waals surface area contributed by atoms with E-state index in [-0.39, 0.29) is 29.4 Å². The van der Waals surface area contributed by atoms with E-state index in [1.165, 1.54) is 7.11 Å². The molecule has 1 aliphatic carbocycles. The Morgan fingerprint density at radius 1 is 1.24 bits per heavy atom. The highest BCUT2D eigenvalue weighted by Gasteiger charge is 2.39. The summed E-state index contributed by atoms with van der Waals surface area (Å²) in [5.74, 6) is 0.0748. The summed E-state index contributed by atoms with van der Waals surface area (Å²) in [6.45, 7) is 0. The van der Waals surface area contributed by atoms with Crippen molar-refractivity contribution < 1.29 is 17.9 Å². The predicted octanol–water partition coefficient (Wildman–Crippen LogP) is 0.105. The van der Waals surface area contributed by atoms with Crippen molar-refractivity contribution in [3.63, 3.8) is 0 Å². The van der Waals surface area contributed by atoms with Gasteiger partial charge in [-0.05, 0) is 12.8 Å². The second kappa shape index (κ2) is 4.94. The Hall–Kier alpha value is -0.620. The van der Waals surface area contributed by atoms with E-state index in [2.05, 4.69) is 5.32 Å². The van der Waals surface area contributed by atoms with E-state index in [1.807, 2.05) is 0 Å². The lowest BCUT2D eigenvalue weighted by Crippen LogP contribution is -2.45. The van der Waals surface area contributed by atoms with Gasteiger partial charge in [0.1, 0.15) is 0 Å². The predicted molar refractivity (Wildman–Crippen MR) is 63.3 cm³/mol. The summed E-state index contributed by atoms with van der Waals surface area (Å²) in [5.41, 5.74) is 0. The van der Waals surface area contributed by atoms with Crippen molar-refractivity contribution in [2.75, 3.05) is 18.6 Å². The van der Waals surface area contributed by atoms with Crippen LogP contribution in [-0.2, 0) is 19.4 Å². The van der Waals surface area contributed by atoms with Crippen molar-refractivity contribution in [2.45, 2.75) is 37.8 Å². The van der Waals surface area contributed by atoms with E-state index in [0.29, 0.717) is 0 Å². The smallest absolute Gasteiger partial charge is 0.223 e. The molecule has 0 bridgehead atoms. The molecular formula is C11H19NO4S. The SMILES string of the molecule is CO[C@@H]1CS(=O)(=O)C[C@H]1NC(=O)C1CCCC1. The standard InChI is InChI=1S/C11H19NO4S/c1-16-10-7-17(14,15)6-9(10)12-11(13)8-4-2-3-5-8/h8-10H,2-7H2,1H3,(H,12,13)/t9-,10-/m1/s1. The molecule has 5 nitrogen and oxygen atoms in total. The zero-order valence-electron chi connectivity index (χ0n) is 10.0. The van der Waals surface area contributed by atoms with Gasteiger partial charge in [0.15, 0.2) is 9.84 Å². The van der Waals surface area contributed by atoms with Gasteiger partial charge >= 0.3 is 0 Å². The van der Waals surface area contributed by atoms with E-state index in [9.17, 15) is 13.2 Å². The lowest BCUT2D eigenvalue weighted by molar-refractivity contribution is -0.126. The molecule has 98 valence electrons. The molecule has 1 amide bonds. The highest BCUT2D eigenvalue weighted by Crippen LogP contribution is 2.25. The molecule has 17 heavy (non-hydrogen) atoms. The fourth-order valence-corrected chi connectivity index (χ4v) is 4.52. The van der Waals surface area contributed by atoms with Crippen LogP contribution in [0.5, 0.6) is 0 Å². The summed E-state index contributed by atoms with van der Waals surface area (Å²) in [5, 5.41) is 2.83. The van der Waals surface area contributed by atoms with Crippen molar-refractivity contribution in [1.29, 1.82) is 0 Å². The largest absolute Gasteiger partial charge is 0.378 e. The Morgan fingerprint density at radius 3 is 2.47 bits per heavy atom. The Labute approximate surface area is 102 Å². The molecule has 6 heteroatoms. The molecule has 1 heterocycles. The maximum atomic E-state index is 11.9. The van der Waals surface area contributed by atoms with Gasteiger partial charge in [0.05, 0.1) is 23.7 Å². The molecule has 1 aliphatic heterocycles. The number of sulfone groups is 1. The number of methoxy groups -OCH3 is 1. The lowest BCUT2D eigenvalue weighted by atomic mass is 10.1. The Balaban J connectivity index is 1.95. The van der Waals surface area contributed by atoms with E-state index in [1.54, 1.807) is 0 Å². The molecule has 1 saturated carbocycles. The first-order valence-corrected chi connectivity index (χ1v) is 7.87. The van der Waals surface area contributed by atoms with Crippen molar-refractivity contribution in [1.82, 2.24) is 5.32 Å². The number of rotatable bonds is 3. The quantitative estimate of drug-likeness (QED) is 0.782. The molecule has 1 N–H and O–H groups in total. The average Bonchev–Trinajstić information content (AvgIpc) is 2.85.